The van der Waals surface area contributed by atoms with Crippen LogP contribution in [0.4, 0.5) is 0 Å². The van der Waals surface area contributed by atoms with Gasteiger partial charge in [-0.15, -0.1) is 11.3 Å². The summed E-state index contributed by atoms with van der Waals surface area (Å²) in [5.74, 6) is 0.978. The molecule has 0 atom stereocenters. The molecule has 4 nitrogen and oxygen atoms in total. The Morgan fingerprint density at radius 2 is 1.77 bits per heavy atom. The van der Waals surface area contributed by atoms with E-state index in [9.17, 15) is 9.90 Å². The van der Waals surface area contributed by atoms with Crippen LogP contribution < -0.4 is 10.1 Å². The lowest BCUT2D eigenvalue weighted by Crippen LogP contribution is -2.20. The Bertz CT molecular complexity index is 1190. The van der Waals surface area contributed by atoms with Crippen LogP contribution in [0.3, 0.4) is 0 Å². The molecule has 0 spiro atoms. The van der Waals surface area contributed by atoms with Crippen LogP contribution in [0.1, 0.15) is 27.7 Å². The molecule has 4 aromatic rings. The summed E-state index contributed by atoms with van der Waals surface area (Å²) in [7, 11) is 0. The Morgan fingerprint density at radius 3 is 2.48 bits per heavy atom. The van der Waals surface area contributed by atoms with E-state index >= 15 is 0 Å². The molecule has 0 saturated heterocycles. The normalized spacial score (nSPS) is 11.0. The van der Waals surface area contributed by atoms with E-state index in [0.717, 1.165) is 45.6 Å². The minimum absolute atomic E-state index is 0.0124. The molecule has 5 heteroatoms. The number of fused-ring (bicyclic) bond motifs is 1. The first-order chi connectivity index (χ1) is 15.1. The maximum Gasteiger partial charge on any atom is 0.203 e. The van der Waals surface area contributed by atoms with Gasteiger partial charge in [0.25, 0.3) is 0 Å². The Labute approximate surface area is 186 Å². The standard InChI is InChI=1S/C26H25NO3S/c1-3-27-14-15-30-21-11-8-18(9-12-21)24-22-13-10-20(28)16-23(22)31-26(24)25(29)19-6-4-17(2)5-7-19/h4-13,16,27-28H,3,14-15H2,1-2H3. The van der Waals surface area contributed by atoms with Crippen molar-refractivity contribution in [3.63, 3.8) is 0 Å². The van der Waals surface area contributed by atoms with E-state index in [1.54, 1.807) is 12.1 Å². The van der Waals surface area contributed by atoms with Gasteiger partial charge >= 0.3 is 0 Å². The highest BCUT2D eigenvalue weighted by atomic mass is 32.1. The Balaban J connectivity index is 1.73. The lowest BCUT2D eigenvalue weighted by atomic mass is 9.98. The van der Waals surface area contributed by atoms with E-state index < -0.39 is 0 Å². The zero-order valence-corrected chi connectivity index (χ0v) is 18.5. The summed E-state index contributed by atoms with van der Waals surface area (Å²) in [6.07, 6.45) is 0. The zero-order chi connectivity index (χ0) is 21.8. The fourth-order valence-corrected chi connectivity index (χ4v) is 4.72. The van der Waals surface area contributed by atoms with E-state index in [0.29, 0.717) is 17.0 Å². The van der Waals surface area contributed by atoms with Gasteiger partial charge in [0, 0.05) is 27.8 Å². The number of aryl methyl sites for hydroxylation is 1. The zero-order valence-electron chi connectivity index (χ0n) is 17.6. The highest BCUT2D eigenvalue weighted by Crippen LogP contribution is 2.41. The highest BCUT2D eigenvalue weighted by molar-refractivity contribution is 7.21. The molecule has 2 N–H and O–H groups in total. The van der Waals surface area contributed by atoms with Crippen molar-refractivity contribution in [2.75, 3.05) is 19.7 Å². The Hall–Kier alpha value is -3.15. The molecule has 0 bridgehead atoms. The van der Waals surface area contributed by atoms with Gasteiger partial charge in [-0.25, -0.2) is 0 Å². The number of nitrogens with one attached hydrogen (secondary N) is 1. The maximum absolute atomic E-state index is 13.4. The number of thiophene rings is 1. The number of carbonyl (C=O) groups is 1. The second-order valence-corrected chi connectivity index (χ2v) is 8.46. The molecule has 0 aliphatic rings. The molecular weight excluding hydrogens is 406 g/mol. The number of hydrogen-bond acceptors (Lipinski definition) is 5. The van der Waals surface area contributed by atoms with E-state index in [2.05, 4.69) is 12.2 Å². The number of aromatic hydroxyl groups is 1. The number of benzene rings is 3. The molecule has 0 fully saturated rings. The van der Waals surface area contributed by atoms with Crippen molar-refractivity contribution < 1.29 is 14.6 Å². The topological polar surface area (TPSA) is 58.6 Å². The Morgan fingerprint density at radius 1 is 1.03 bits per heavy atom. The number of rotatable bonds is 8. The predicted molar refractivity (Wildman–Crippen MR) is 128 cm³/mol. The molecule has 0 unspecified atom stereocenters. The van der Waals surface area contributed by atoms with Crippen molar-refractivity contribution >= 4 is 27.2 Å². The third-order valence-electron chi connectivity index (χ3n) is 5.13. The first-order valence-corrected chi connectivity index (χ1v) is 11.2. The monoisotopic (exact) mass is 431 g/mol. The smallest absolute Gasteiger partial charge is 0.203 e. The van der Waals surface area contributed by atoms with Crippen molar-refractivity contribution in [3.05, 3.63) is 82.7 Å². The molecule has 0 aliphatic heterocycles. The quantitative estimate of drug-likeness (QED) is 0.273. The summed E-state index contributed by atoms with van der Waals surface area (Å²) in [5, 5.41) is 14.1. The number of ketones is 1. The van der Waals surface area contributed by atoms with Crippen LogP contribution in [0.5, 0.6) is 11.5 Å². The van der Waals surface area contributed by atoms with Gasteiger partial charge in [0.1, 0.15) is 18.1 Å². The van der Waals surface area contributed by atoms with E-state index in [-0.39, 0.29) is 11.5 Å². The summed E-state index contributed by atoms with van der Waals surface area (Å²) >= 11 is 1.41. The fraction of sp³-hybridized carbons (Fsp3) is 0.192. The molecule has 158 valence electrons. The molecule has 0 aliphatic carbocycles. The largest absolute Gasteiger partial charge is 0.508 e. The van der Waals surface area contributed by atoms with E-state index in [1.807, 2.05) is 61.5 Å². The average Bonchev–Trinajstić information content (AvgIpc) is 3.15. The lowest BCUT2D eigenvalue weighted by Gasteiger charge is -2.09. The van der Waals surface area contributed by atoms with Gasteiger partial charge in [-0.3, -0.25) is 4.79 Å². The molecule has 0 saturated carbocycles. The SMILES string of the molecule is CCNCCOc1ccc(-c2c(C(=O)c3ccc(C)cc3)sc3cc(O)ccc23)cc1. The minimum Gasteiger partial charge on any atom is -0.508 e. The minimum atomic E-state index is -0.0124. The second kappa shape index (κ2) is 9.33. The number of carbonyl (C=O) groups excluding carboxylic acids is 1. The van der Waals surface area contributed by atoms with Crippen molar-refractivity contribution in [1.82, 2.24) is 5.32 Å². The lowest BCUT2D eigenvalue weighted by molar-refractivity contribution is 0.104. The van der Waals surface area contributed by atoms with Crippen LogP contribution in [0.25, 0.3) is 21.2 Å². The number of ether oxygens (including phenoxy) is 1. The third-order valence-corrected chi connectivity index (χ3v) is 6.29. The van der Waals surface area contributed by atoms with Crippen LogP contribution >= 0.6 is 11.3 Å². The predicted octanol–water partition coefficient (Wildman–Crippen LogP) is 5.80. The van der Waals surface area contributed by atoms with Crippen molar-refractivity contribution in [1.29, 1.82) is 0 Å². The van der Waals surface area contributed by atoms with Crippen LogP contribution in [-0.4, -0.2) is 30.6 Å². The van der Waals surface area contributed by atoms with Gasteiger partial charge in [-0.05, 0) is 49.4 Å². The Kier molecular flexibility index (Phi) is 6.35. The molecule has 4 rings (SSSR count). The van der Waals surface area contributed by atoms with Crippen molar-refractivity contribution in [2.45, 2.75) is 13.8 Å². The van der Waals surface area contributed by atoms with Gasteiger partial charge in [0.2, 0.25) is 5.78 Å². The summed E-state index contributed by atoms with van der Waals surface area (Å²) in [4.78, 5) is 14.1. The molecule has 0 radical (unpaired) electrons. The number of hydrogen-bond donors (Lipinski definition) is 2. The van der Waals surface area contributed by atoms with Gasteiger partial charge < -0.3 is 15.2 Å². The summed E-state index contributed by atoms with van der Waals surface area (Å²) in [6.45, 7) is 6.39. The first kappa shape index (κ1) is 21.1. The van der Waals surface area contributed by atoms with Crippen LogP contribution in [0, 0.1) is 6.92 Å². The molecular formula is C26H25NO3S. The second-order valence-electron chi connectivity index (χ2n) is 7.41. The van der Waals surface area contributed by atoms with Crippen molar-refractivity contribution in [2.24, 2.45) is 0 Å². The van der Waals surface area contributed by atoms with Crippen LogP contribution in [0.15, 0.2) is 66.7 Å². The van der Waals surface area contributed by atoms with Gasteiger partial charge in [-0.1, -0.05) is 48.9 Å². The molecule has 31 heavy (non-hydrogen) atoms. The van der Waals surface area contributed by atoms with Crippen LogP contribution in [0.2, 0.25) is 0 Å². The van der Waals surface area contributed by atoms with Crippen molar-refractivity contribution in [3.8, 4) is 22.6 Å². The molecule has 0 amide bonds. The highest BCUT2D eigenvalue weighted by Gasteiger charge is 2.21. The van der Waals surface area contributed by atoms with Gasteiger partial charge in [0.05, 0.1) is 4.88 Å². The van der Waals surface area contributed by atoms with Gasteiger partial charge in [-0.2, -0.15) is 0 Å². The number of likely N-dealkylation sites (N-methyl/N-ethyl adjacent to an activating group) is 1. The summed E-state index contributed by atoms with van der Waals surface area (Å²) in [5.41, 5.74) is 3.62. The number of phenolic OH excluding ortho intramolecular Hbond substituents is 1. The summed E-state index contributed by atoms with van der Waals surface area (Å²) < 4.78 is 6.67. The average molecular weight is 432 g/mol. The third kappa shape index (κ3) is 4.63. The number of phenols is 1. The molecule has 3 aromatic carbocycles. The first-order valence-electron chi connectivity index (χ1n) is 10.4. The van der Waals surface area contributed by atoms with Crippen LogP contribution in [-0.2, 0) is 0 Å². The van der Waals surface area contributed by atoms with Gasteiger partial charge in [0.15, 0.2) is 0 Å². The van der Waals surface area contributed by atoms with E-state index in [1.165, 1.54) is 11.3 Å². The maximum atomic E-state index is 13.4. The van der Waals surface area contributed by atoms with E-state index in [4.69, 9.17) is 4.74 Å². The molecule has 1 heterocycles. The summed E-state index contributed by atoms with van der Waals surface area (Å²) in [6, 6.07) is 20.7. The fourth-order valence-electron chi connectivity index (χ4n) is 3.50. The molecule has 1 aromatic heterocycles.